The van der Waals surface area contributed by atoms with Crippen molar-refractivity contribution < 1.29 is 14.7 Å². The minimum Gasteiger partial charge on any atom is -0.481 e. The van der Waals surface area contributed by atoms with Gasteiger partial charge in [-0.15, -0.1) is 0 Å². The Kier molecular flexibility index (Phi) is 3.96. The van der Waals surface area contributed by atoms with Crippen molar-refractivity contribution in [1.82, 2.24) is 0 Å². The fraction of sp³-hybridized carbons (Fsp3) is 0.182. The molecule has 0 spiro atoms. The third-order valence-electron chi connectivity index (χ3n) is 5.08. The first-order chi connectivity index (χ1) is 12.5. The molecule has 0 aliphatic carbocycles. The highest BCUT2D eigenvalue weighted by Crippen LogP contribution is 2.34. The average molecular weight is 345 g/mol. The molecule has 1 atom stereocenters. The summed E-state index contributed by atoms with van der Waals surface area (Å²) in [7, 11) is 0. The number of anilines is 1. The van der Waals surface area contributed by atoms with Gasteiger partial charge < -0.3 is 10.0 Å². The van der Waals surface area contributed by atoms with E-state index < -0.39 is 11.9 Å². The fourth-order valence-corrected chi connectivity index (χ4v) is 3.69. The quantitative estimate of drug-likeness (QED) is 0.772. The summed E-state index contributed by atoms with van der Waals surface area (Å²) in [6.45, 7) is 2.33. The highest BCUT2D eigenvalue weighted by molar-refractivity contribution is 6.01. The molecule has 4 rings (SSSR count). The molecule has 0 saturated carbocycles. The maximum absolute atomic E-state index is 12.1. The zero-order valence-corrected chi connectivity index (χ0v) is 14.5. The lowest BCUT2D eigenvalue weighted by molar-refractivity contribution is -0.141. The number of hydrogen-bond donors (Lipinski definition) is 1. The van der Waals surface area contributed by atoms with Gasteiger partial charge in [-0.05, 0) is 46.5 Å². The second kappa shape index (κ2) is 6.30. The maximum Gasteiger partial charge on any atom is 0.308 e. The molecule has 3 aromatic rings. The minimum atomic E-state index is -0.913. The van der Waals surface area contributed by atoms with Crippen molar-refractivity contribution in [3.8, 4) is 11.1 Å². The third-order valence-corrected chi connectivity index (χ3v) is 5.08. The van der Waals surface area contributed by atoms with E-state index in [0.29, 0.717) is 0 Å². The molecule has 1 aliphatic heterocycles. The van der Waals surface area contributed by atoms with Crippen LogP contribution < -0.4 is 4.90 Å². The highest BCUT2D eigenvalue weighted by atomic mass is 16.4. The summed E-state index contributed by atoms with van der Waals surface area (Å²) >= 11 is 0. The second-order valence-electron chi connectivity index (χ2n) is 6.77. The standard InChI is InChI=1S/C22H19NO3/c1-14-6-7-15-4-2-3-5-19(15)21(14)16-8-10-18(11-9-16)23-13-17(22(25)26)12-20(23)24/h2-11,17H,12-13H2,1H3,(H,25,26). The maximum atomic E-state index is 12.1. The van der Waals surface area contributed by atoms with Gasteiger partial charge in [0.25, 0.3) is 0 Å². The molecule has 1 heterocycles. The lowest BCUT2D eigenvalue weighted by Gasteiger charge is -2.17. The van der Waals surface area contributed by atoms with Gasteiger partial charge in [-0.25, -0.2) is 0 Å². The Bertz CT molecular complexity index is 1010. The van der Waals surface area contributed by atoms with Crippen LogP contribution in [0.4, 0.5) is 5.69 Å². The number of aliphatic carboxylic acids is 1. The van der Waals surface area contributed by atoms with E-state index in [1.165, 1.54) is 21.9 Å². The molecule has 3 aromatic carbocycles. The predicted octanol–water partition coefficient (Wildman–Crippen LogP) is 4.25. The van der Waals surface area contributed by atoms with Crippen LogP contribution in [0, 0.1) is 12.8 Å². The average Bonchev–Trinajstić information content (AvgIpc) is 3.04. The highest BCUT2D eigenvalue weighted by Gasteiger charge is 2.34. The molecule has 4 heteroatoms. The van der Waals surface area contributed by atoms with Crippen molar-refractivity contribution >= 4 is 28.3 Å². The number of benzene rings is 3. The van der Waals surface area contributed by atoms with Crippen LogP contribution in [0.25, 0.3) is 21.9 Å². The van der Waals surface area contributed by atoms with Crippen LogP contribution in [-0.2, 0) is 9.59 Å². The smallest absolute Gasteiger partial charge is 0.308 e. The lowest BCUT2D eigenvalue weighted by Crippen LogP contribution is -2.25. The molecule has 0 bridgehead atoms. The Morgan fingerprint density at radius 2 is 1.77 bits per heavy atom. The Morgan fingerprint density at radius 3 is 2.46 bits per heavy atom. The van der Waals surface area contributed by atoms with Crippen molar-refractivity contribution in [3.05, 3.63) is 66.2 Å². The summed E-state index contributed by atoms with van der Waals surface area (Å²) in [5, 5.41) is 11.5. The normalized spacial score (nSPS) is 17.0. The second-order valence-corrected chi connectivity index (χ2v) is 6.77. The van der Waals surface area contributed by atoms with E-state index in [-0.39, 0.29) is 18.9 Å². The molecule has 0 radical (unpaired) electrons. The van der Waals surface area contributed by atoms with Crippen LogP contribution in [0.1, 0.15) is 12.0 Å². The summed E-state index contributed by atoms with van der Waals surface area (Å²) in [6.07, 6.45) is 0.0690. The summed E-state index contributed by atoms with van der Waals surface area (Å²) in [6, 6.07) is 20.3. The van der Waals surface area contributed by atoms with Gasteiger partial charge in [-0.3, -0.25) is 9.59 Å². The fourth-order valence-electron chi connectivity index (χ4n) is 3.69. The molecular formula is C22H19NO3. The molecule has 26 heavy (non-hydrogen) atoms. The number of aryl methyl sites for hydroxylation is 1. The first kappa shape index (κ1) is 16.3. The molecule has 1 fully saturated rings. The van der Waals surface area contributed by atoms with Crippen molar-refractivity contribution in [2.24, 2.45) is 5.92 Å². The first-order valence-corrected chi connectivity index (χ1v) is 8.66. The van der Waals surface area contributed by atoms with Crippen LogP contribution in [0.5, 0.6) is 0 Å². The van der Waals surface area contributed by atoms with Gasteiger partial charge in [0, 0.05) is 18.7 Å². The largest absolute Gasteiger partial charge is 0.481 e. The van der Waals surface area contributed by atoms with Crippen molar-refractivity contribution in [1.29, 1.82) is 0 Å². The van der Waals surface area contributed by atoms with E-state index in [0.717, 1.165) is 11.3 Å². The number of amides is 1. The summed E-state index contributed by atoms with van der Waals surface area (Å²) in [5.74, 6) is -1.67. The summed E-state index contributed by atoms with van der Waals surface area (Å²) in [5.41, 5.74) is 4.22. The molecule has 1 aliphatic rings. The number of rotatable bonds is 3. The van der Waals surface area contributed by atoms with Gasteiger partial charge in [-0.2, -0.15) is 0 Å². The molecule has 130 valence electrons. The van der Waals surface area contributed by atoms with Gasteiger partial charge in [-0.1, -0.05) is 48.5 Å². The minimum absolute atomic E-state index is 0.0690. The Hall–Kier alpha value is -3.14. The van der Waals surface area contributed by atoms with E-state index in [4.69, 9.17) is 5.11 Å². The first-order valence-electron chi connectivity index (χ1n) is 8.66. The Balaban J connectivity index is 1.71. The molecule has 1 unspecified atom stereocenters. The van der Waals surface area contributed by atoms with Gasteiger partial charge in [0.15, 0.2) is 0 Å². The van der Waals surface area contributed by atoms with E-state index in [1.807, 2.05) is 36.4 Å². The topological polar surface area (TPSA) is 57.6 Å². The SMILES string of the molecule is Cc1ccc2ccccc2c1-c1ccc(N2CC(C(=O)O)CC2=O)cc1. The third kappa shape index (κ3) is 2.73. The zero-order valence-electron chi connectivity index (χ0n) is 14.5. The lowest BCUT2D eigenvalue weighted by atomic mass is 9.94. The van der Waals surface area contributed by atoms with Crippen LogP contribution in [0.15, 0.2) is 60.7 Å². The van der Waals surface area contributed by atoms with Crippen LogP contribution >= 0.6 is 0 Å². The van der Waals surface area contributed by atoms with Gasteiger partial charge in [0.2, 0.25) is 5.91 Å². The molecule has 1 amide bonds. The number of fused-ring (bicyclic) bond motifs is 1. The van der Waals surface area contributed by atoms with E-state index >= 15 is 0 Å². The molecule has 1 N–H and O–H groups in total. The van der Waals surface area contributed by atoms with Gasteiger partial charge in [0.1, 0.15) is 0 Å². The van der Waals surface area contributed by atoms with Gasteiger partial charge >= 0.3 is 5.97 Å². The number of hydrogen-bond acceptors (Lipinski definition) is 2. The van der Waals surface area contributed by atoms with Crippen LogP contribution in [0.3, 0.4) is 0 Å². The van der Waals surface area contributed by atoms with Crippen molar-refractivity contribution in [3.63, 3.8) is 0 Å². The zero-order chi connectivity index (χ0) is 18.3. The van der Waals surface area contributed by atoms with E-state index in [2.05, 4.69) is 31.2 Å². The Labute approximate surface area is 151 Å². The van der Waals surface area contributed by atoms with Crippen molar-refractivity contribution in [2.45, 2.75) is 13.3 Å². The van der Waals surface area contributed by atoms with Gasteiger partial charge in [0.05, 0.1) is 5.92 Å². The predicted molar refractivity (Wildman–Crippen MR) is 102 cm³/mol. The summed E-state index contributed by atoms with van der Waals surface area (Å²) < 4.78 is 0. The number of carboxylic acid groups (broad SMARTS) is 1. The number of carboxylic acids is 1. The molecule has 4 nitrogen and oxygen atoms in total. The number of carbonyl (C=O) groups excluding carboxylic acids is 1. The summed E-state index contributed by atoms with van der Waals surface area (Å²) in [4.78, 5) is 24.9. The Morgan fingerprint density at radius 1 is 1.04 bits per heavy atom. The molecular weight excluding hydrogens is 326 g/mol. The monoisotopic (exact) mass is 345 g/mol. The van der Waals surface area contributed by atoms with E-state index in [1.54, 1.807) is 4.90 Å². The van der Waals surface area contributed by atoms with Crippen molar-refractivity contribution in [2.75, 3.05) is 11.4 Å². The van der Waals surface area contributed by atoms with Crippen LogP contribution in [0.2, 0.25) is 0 Å². The van der Waals surface area contributed by atoms with E-state index in [9.17, 15) is 9.59 Å². The molecule has 1 saturated heterocycles. The molecule has 0 aromatic heterocycles. The number of nitrogens with zero attached hydrogens (tertiary/aromatic N) is 1. The van der Waals surface area contributed by atoms with Crippen LogP contribution in [-0.4, -0.2) is 23.5 Å². The number of carbonyl (C=O) groups is 2.